The van der Waals surface area contributed by atoms with Crippen molar-refractivity contribution < 1.29 is 14.7 Å². The molecular weight excluding hydrogens is 296 g/mol. The molecule has 7 nitrogen and oxygen atoms in total. The van der Waals surface area contributed by atoms with Crippen LogP contribution in [0.3, 0.4) is 0 Å². The molecule has 1 heterocycles. The van der Waals surface area contributed by atoms with Gasteiger partial charge < -0.3 is 10.4 Å². The molecule has 1 atom stereocenters. The molecule has 0 aromatic carbocycles. The average molecular weight is 320 g/mol. The average Bonchev–Trinajstić information content (AvgIpc) is 3.27. The Morgan fingerprint density at radius 3 is 2.57 bits per heavy atom. The van der Waals surface area contributed by atoms with E-state index in [1.165, 1.54) is 12.8 Å². The van der Waals surface area contributed by atoms with Crippen LogP contribution in [-0.4, -0.2) is 32.9 Å². The van der Waals surface area contributed by atoms with Crippen LogP contribution in [0.5, 0.6) is 0 Å². The first kappa shape index (κ1) is 15.8. The summed E-state index contributed by atoms with van der Waals surface area (Å²) in [5.74, 6) is 0.369. The summed E-state index contributed by atoms with van der Waals surface area (Å²) in [5.41, 5.74) is 0. The highest BCUT2D eigenvalue weighted by atomic mass is 16.4. The number of hydrogen-bond donors (Lipinski definition) is 3. The molecule has 0 aliphatic heterocycles. The highest BCUT2D eigenvalue weighted by Gasteiger charge is 2.31. The molecule has 2 saturated carbocycles. The smallest absolute Gasteiger partial charge is 0.320 e. The van der Waals surface area contributed by atoms with E-state index in [0.717, 1.165) is 0 Å². The lowest BCUT2D eigenvalue weighted by atomic mass is 9.86. The third-order valence-electron chi connectivity index (χ3n) is 5.01. The van der Waals surface area contributed by atoms with Crippen molar-refractivity contribution in [2.24, 2.45) is 11.8 Å². The van der Waals surface area contributed by atoms with E-state index in [1.54, 1.807) is 12.3 Å². The molecule has 3 N–H and O–H groups in total. The van der Waals surface area contributed by atoms with E-state index >= 15 is 0 Å². The second-order valence-electron chi connectivity index (χ2n) is 6.72. The monoisotopic (exact) mass is 320 g/mol. The molecule has 0 saturated heterocycles. The third-order valence-corrected chi connectivity index (χ3v) is 5.01. The van der Waals surface area contributed by atoms with Gasteiger partial charge in [0.15, 0.2) is 0 Å². The lowest BCUT2D eigenvalue weighted by Crippen LogP contribution is -2.41. The topological polar surface area (TPSA) is 96.3 Å². The first-order valence-electron chi connectivity index (χ1n) is 8.38. The molecule has 2 fully saturated rings. The predicted molar refractivity (Wildman–Crippen MR) is 85.2 cm³/mol. The van der Waals surface area contributed by atoms with E-state index in [-0.39, 0.29) is 18.0 Å². The van der Waals surface area contributed by atoms with Gasteiger partial charge in [0, 0.05) is 12.1 Å². The molecule has 126 valence electrons. The number of amides is 2. The van der Waals surface area contributed by atoms with Gasteiger partial charge in [0.1, 0.15) is 5.82 Å². The van der Waals surface area contributed by atoms with E-state index in [2.05, 4.69) is 22.7 Å². The van der Waals surface area contributed by atoms with Crippen LogP contribution in [0.4, 0.5) is 10.6 Å². The molecule has 0 spiro atoms. The molecular formula is C16H24N4O3. The second-order valence-corrected chi connectivity index (χ2v) is 6.72. The van der Waals surface area contributed by atoms with Gasteiger partial charge in [-0.3, -0.25) is 10.1 Å². The van der Waals surface area contributed by atoms with E-state index in [4.69, 9.17) is 5.11 Å². The number of aliphatic carboxylic acids is 1. The molecule has 3 rings (SSSR count). The van der Waals surface area contributed by atoms with Crippen LogP contribution in [0.2, 0.25) is 0 Å². The molecule has 1 aromatic rings. The fourth-order valence-corrected chi connectivity index (χ4v) is 3.34. The Bertz CT molecular complexity index is 574. The van der Waals surface area contributed by atoms with E-state index in [9.17, 15) is 9.59 Å². The zero-order chi connectivity index (χ0) is 16.4. The van der Waals surface area contributed by atoms with Gasteiger partial charge in [-0.15, -0.1) is 0 Å². The molecule has 2 amide bonds. The molecule has 0 bridgehead atoms. The zero-order valence-electron chi connectivity index (χ0n) is 13.4. The Labute approximate surface area is 135 Å². The Hall–Kier alpha value is -2.05. The van der Waals surface area contributed by atoms with Crippen molar-refractivity contribution in [3.63, 3.8) is 0 Å². The van der Waals surface area contributed by atoms with Crippen LogP contribution in [0.1, 0.15) is 51.5 Å². The van der Waals surface area contributed by atoms with Crippen molar-refractivity contribution in [1.82, 2.24) is 15.1 Å². The van der Waals surface area contributed by atoms with Gasteiger partial charge in [-0.1, -0.05) is 0 Å². The summed E-state index contributed by atoms with van der Waals surface area (Å²) in [5, 5.41) is 19.1. The minimum absolute atomic E-state index is 0.0443. The molecule has 2 aliphatic rings. The molecule has 2 aliphatic carbocycles. The van der Waals surface area contributed by atoms with E-state index in [1.807, 2.05) is 4.68 Å². The van der Waals surface area contributed by atoms with Gasteiger partial charge >= 0.3 is 12.0 Å². The minimum Gasteiger partial charge on any atom is -0.481 e. The molecule has 0 radical (unpaired) electrons. The van der Waals surface area contributed by atoms with Crippen LogP contribution in [0, 0.1) is 11.8 Å². The summed E-state index contributed by atoms with van der Waals surface area (Å²) in [6, 6.07) is 1.91. The maximum atomic E-state index is 12.2. The normalized spacial score (nSPS) is 25.6. The largest absolute Gasteiger partial charge is 0.481 e. The maximum Gasteiger partial charge on any atom is 0.320 e. The van der Waals surface area contributed by atoms with Gasteiger partial charge in [-0.25, -0.2) is 9.48 Å². The van der Waals surface area contributed by atoms with Crippen LogP contribution >= 0.6 is 0 Å². The number of nitrogens with one attached hydrogen (secondary N) is 2. The van der Waals surface area contributed by atoms with E-state index < -0.39 is 5.97 Å². The Morgan fingerprint density at radius 1 is 1.26 bits per heavy atom. The van der Waals surface area contributed by atoms with E-state index in [0.29, 0.717) is 43.5 Å². The first-order chi connectivity index (χ1) is 11.0. The summed E-state index contributed by atoms with van der Waals surface area (Å²) in [4.78, 5) is 23.1. The highest BCUT2D eigenvalue weighted by Crippen LogP contribution is 2.40. The van der Waals surface area contributed by atoms with Gasteiger partial charge in [-0.2, -0.15) is 5.10 Å². The lowest BCUT2D eigenvalue weighted by molar-refractivity contribution is -0.142. The molecule has 1 aromatic heterocycles. The number of carbonyl (C=O) groups excluding carboxylic acids is 1. The molecule has 7 heteroatoms. The van der Waals surface area contributed by atoms with Crippen molar-refractivity contribution in [1.29, 1.82) is 0 Å². The van der Waals surface area contributed by atoms with Crippen LogP contribution in [0.15, 0.2) is 12.3 Å². The number of carboxylic acid groups (broad SMARTS) is 1. The third kappa shape index (κ3) is 3.83. The number of carboxylic acids is 1. The number of aromatic nitrogens is 2. The van der Waals surface area contributed by atoms with Crippen molar-refractivity contribution in [2.75, 3.05) is 5.32 Å². The minimum atomic E-state index is -0.731. The Morgan fingerprint density at radius 2 is 1.96 bits per heavy atom. The van der Waals surface area contributed by atoms with Crippen molar-refractivity contribution in [3.05, 3.63) is 12.3 Å². The number of anilines is 1. The number of rotatable bonds is 5. The maximum absolute atomic E-state index is 12.2. The highest BCUT2D eigenvalue weighted by molar-refractivity contribution is 5.88. The number of hydrogen-bond acceptors (Lipinski definition) is 3. The standard InChI is InChI=1S/C16H24N4O3/c1-10(11-2-3-11)20-14(8-9-17-20)19-16(23)18-13-6-4-12(5-7-13)15(21)22/h8-13H,2-7H2,1H3,(H,21,22)(H2,18,19,23). The summed E-state index contributed by atoms with van der Waals surface area (Å²) >= 11 is 0. The number of nitrogens with zero attached hydrogens (tertiary/aromatic N) is 2. The van der Waals surface area contributed by atoms with Gasteiger partial charge in [0.05, 0.1) is 18.2 Å². The predicted octanol–water partition coefficient (Wildman–Crippen LogP) is 2.62. The Balaban J connectivity index is 1.50. The fraction of sp³-hybridized carbons (Fsp3) is 0.688. The quantitative estimate of drug-likeness (QED) is 0.777. The van der Waals surface area contributed by atoms with Gasteiger partial charge in [-0.05, 0) is 51.4 Å². The summed E-state index contributed by atoms with van der Waals surface area (Å²) in [7, 11) is 0. The summed E-state index contributed by atoms with van der Waals surface area (Å²) in [6.07, 6.45) is 6.81. The molecule has 23 heavy (non-hydrogen) atoms. The Kier molecular flexibility index (Phi) is 4.54. The zero-order valence-corrected chi connectivity index (χ0v) is 13.4. The number of urea groups is 1. The SMILES string of the molecule is CC(C1CC1)n1nccc1NC(=O)NC1CCC(C(=O)O)CC1. The van der Waals surface area contributed by atoms with Gasteiger partial charge in [0.25, 0.3) is 0 Å². The summed E-state index contributed by atoms with van der Waals surface area (Å²) in [6.45, 7) is 2.13. The second kappa shape index (κ2) is 6.60. The molecule has 1 unspecified atom stereocenters. The lowest BCUT2D eigenvalue weighted by Gasteiger charge is -2.27. The van der Waals surface area contributed by atoms with Gasteiger partial charge in [0.2, 0.25) is 0 Å². The van der Waals surface area contributed by atoms with Crippen LogP contribution in [-0.2, 0) is 4.79 Å². The number of carbonyl (C=O) groups is 2. The van der Waals surface area contributed by atoms with Crippen molar-refractivity contribution in [2.45, 2.75) is 57.5 Å². The fourth-order valence-electron chi connectivity index (χ4n) is 3.34. The van der Waals surface area contributed by atoms with Crippen molar-refractivity contribution >= 4 is 17.8 Å². The summed E-state index contributed by atoms with van der Waals surface area (Å²) < 4.78 is 1.87. The first-order valence-corrected chi connectivity index (χ1v) is 8.38. The van der Waals surface area contributed by atoms with Crippen LogP contribution in [0.25, 0.3) is 0 Å². The van der Waals surface area contributed by atoms with Crippen molar-refractivity contribution in [3.8, 4) is 0 Å². The van der Waals surface area contributed by atoms with Crippen LogP contribution < -0.4 is 10.6 Å².